The Kier molecular flexibility index (Phi) is 3.56. The third-order valence-corrected chi connectivity index (χ3v) is 5.45. The fourth-order valence-electron chi connectivity index (χ4n) is 5.21. The SMILES string of the molecule is Cl.OC12CC3CC(C1)CC(NCc1ccncc1)(C3)C2. The molecule has 0 radical (unpaired) electrons. The molecule has 1 aromatic rings. The summed E-state index contributed by atoms with van der Waals surface area (Å²) in [6.07, 6.45) is 10.6. The predicted octanol–water partition coefficient (Wildman–Crippen LogP) is 2.68. The normalized spacial score (nSPS) is 41.5. The van der Waals surface area contributed by atoms with Crippen LogP contribution >= 0.6 is 12.4 Å². The van der Waals surface area contributed by atoms with E-state index in [9.17, 15) is 5.11 Å². The Bertz CT molecular complexity index is 465. The zero-order valence-corrected chi connectivity index (χ0v) is 12.5. The van der Waals surface area contributed by atoms with Crippen LogP contribution in [0.25, 0.3) is 0 Å². The van der Waals surface area contributed by atoms with E-state index in [0.29, 0.717) is 0 Å². The Balaban J connectivity index is 0.00000121. The van der Waals surface area contributed by atoms with E-state index in [4.69, 9.17) is 0 Å². The largest absolute Gasteiger partial charge is 0.390 e. The lowest BCUT2D eigenvalue weighted by atomic mass is 9.51. The fraction of sp³-hybridized carbons (Fsp3) is 0.688. The van der Waals surface area contributed by atoms with Crippen LogP contribution in [0.2, 0.25) is 0 Å². The van der Waals surface area contributed by atoms with Crippen LogP contribution in [0, 0.1) is 11.8 Å². The molecule has 20 heavy (non-hydrogen) atoms. The summed E-state index contributed by atoms with van der Waals surface area (Å²) < 4.78 is 0. The number of hydrogen-bond acceptors (Lipinski definition) is 3. The van der Waals surface area contributed by atoms with Crippen LogP contribution in [-0.4, -0.2) is 21.2 Å². The van der Waals surface area contributed by atoms with Crippen molar-refractivity contribution in [3.8, 4) is 0 Å². The number of pyridine rings is 1. The van der Waals surface area contributed by atoms with E-state index in [-0.39, 0.29) is 23.5 Å². The maximum absolute atomic E-state index is 10.7. The molecule has 4 bridgehead atoms. The van der Waals surface area contributed by atoms with Crippen LogP contribution < -0.4 is 5.32 Å². The van der Waals surface area contributed by atoms with E-state index in [2.05, 4.69) is 22.4 Å². The summed E-state index contributed by atoms with van der Waals surface area (Å²) in [4.78, 5) is 4.06. The molecule has 1 aromatic heterocycles. The Morgan fingerprint density at radius 3 is 2.40 bits per heavy atom. The van der Waals surface area contributed by atoms with E-state index >= 15 is 0 Å². The molecular weight excluding hydrogens is 272 g/mol. The van der Waals surface area contributed by atoms with Gasteiger partial charge in [0, 0.05) is 24.5 Å². The summed E-state index contributed by atoms with van der Waals surface area (Å²) in [6.45, 7) is 0.901. The van der Waals surface area contributed by atoms with Crippen molar-refractivity contribution in [2.45, 2.75) is 56.2 Å². The summed E-state index contributed by atoms with van der Waals surface area (Å²) in [5, 5.41) is 14.5. The van der Waals surface area contributed by atoms with Crippen LogP contribution in [0.4, 0.5) is 0 Å². The number of aromatic nitrogens is 1. The molecule has 2 N–H and O–H groups in total. The zero-order chi connectivity index (χ0) is 12.9. The first-order chi connectivity index (χ1) is 9.15. The van der Waals surface area contributed by atoms with Crippen LogP contribution in [0.5, 0.6) is 0 Å². The molecule has 2 atom stereocenters. The first-order valence-electron chi connectivity index (χ1n) is 7.51. The van der Waals surface area contributed by atoms with Gasteiger partial charge in [-0.05, 0) is 68.1 Å². The molecule has 1 heterocycles. The maximum atomic E-state index is 10.7. The minimum absolute atomic E-state index is 0. The lowest BCUT2D eigenvalue weighted by Gasteiger charge is -2.60. The third-order valence-electron chi connectivity index (χ3n) is 5.45. The quantitative estimate of drug-likeness (QED) is 0.901. The highest BCUT2D eigenvalue weighted by Gasteiger charge is 2.56. The second-order valence-corrected chi connectivity index (χ2v) is 7.17. The summed E-state index contributed by atoms with van der Waals surface area (Å²) in [5.74, 6) is 1.49. The van der Waals surface area contributed by atoms with E-state index in [0.717, 1.165) is 37.6 Å². The Hall–Kier alpha value is -0.640. The fourth-order valence-corrected chi connectivity index (χ4v) is 5.21. The number of aliphatic hydroxyl groups is 1. The van der Waals surface area contributed by atoms with Crippen molar-refractivity contribution >= 4 is 12.4 Å². The van der Waals surface area contributed by atoms with Gasteiger partial charge in [-0.2, -0.15) is 0 Å². The molecule has 2 unspecified atom stereocenters. The predicted molar refractivity (Wildman–Crippen MR) is 80.7 cm³/mol. The van der Waals surface area contributed by atoms with Crippen LogP contribution in [0.15, 0.2) is 24.5 Å². The van der Waals surface area contributed by atoms with Gasteiger partial charge >= 0.3 is 0 Å². The van der Waals surface area contributed by atoms with Crippen LogP contribution in [0.1, 0.15) is 44.1 Å². The Morgan fingerprint density at radius 2 is 1.80 bits per heavy atom. The smallest absolute Gasteiger partial charge is 0.0670 e. The van der Waals surface area contributed by atoms with Crippen molar-refractivity contribution in [1.82, 2.24) is 10.3 Å². The highest BCUT2D eigenvalue weighted by Crippen LogP contribution is 2.57. The van der Waals surface area contributed by atoms with Crippen molar-refractivity contribution in [2.24, 2.45) is 11.8 Å². The number of nitrogens with zero attached hydrogens (tertiary/aromatic N) is 1. The van der Waals surface area contributed by atoms with Gasteiger partial charge in [0.25, 0.3) is 0 Å². The molecule has 3 nitrogen and oxygen atoms in total. The summed E-state index contributed by atoms with van der Waals surface area (Å²) >= 11 is 0. The molecule has 4 saturated carbocycles. The standard InChI is InChI=1S/C16H22N2O.ClH/c19-16-8-13-5-14(9-16)7-15(6-13,11-16)18-10-12-1-3-17-4-2-12;/h1-4,13-14,18-19H,5-11H2;1H. The second-order valence-electron chi connectivity index (χ2n) is 7.17. The zero-order valence-electron chi connectivity index (χ0n) is 11.7. The van der Waals surface area contributed by atoms with Gasteiger partial charge in [-0.25, -0.2) is 0 Å². The molecule has 0 amide bonds. The number of halogens is 1. The van der Waals surface area contributed by atoms with Gasteiger partial charge in [0.15, 0.2) is 0 Å². The number of nitrogens with one attached hydrogen (secondary N) is 1. The minimum atomic E-state index is -0.366. The Morgan fingerprint density at radius 1 is 1.15 bits per heavy atom. The Labute approximate surface area is 126 Å². The molecule has 4 aliphatic rings. The van der Waals surface area contributed by atoms with Crippen molar-refractivity contribution in [3.63, 3.8) is 0 Å². The first-order valence-corrected chi connectivity index (χ1v) is 7.51. The molecule has 0 saturated heterocycles. The second kappa shape index (κ2) is 4.97. The topological polar surface area (TPSA) is 45.1 Å². The highest BCUT2D eigenvalue weighted by atomic mass is 35.5. The number of hydrogen-bond donors (Lipinski definition) is 2. The number of rotatable bonds is 3. The minimum Gasteiger partial charge on any atom is -0.390 e. The lowest BCUT2D eigenvalue weighted by Crippen LogP contribution is -2.64. The van der Waals surface area contributed by atoms with Crippen molar-refractivity contribution < 1.29 is 5.11 Å². The molecule has 0 aromatic carbocycles. The van der Waals surface area contributed by atoms with Gasteiger partial charge in [0.05, 0.1) is 5.60 Å². The van der Waals surface area contributed by atoms with Crippen molar-refractivity contribution in [1.29, 1.82) is 0 Å². The van der Waals surface area contributed by atoms with Gasteiger partial charge in [-0.3, -0.25) is 4.98 Å². The van der Waals surface area contributed by atoms with Gasteiger partial charge in [-0.1, -0.05) is 0 Å². The summed E-state index contributed by atoms with van der Waals surface area (Å²) in [5.41, 5.74) is 1.12. The van der Waals surface area contributed by atoms with Gasteiger partial charge < -0.3 is 10.4 Å². The molecule has 0 spiro atoms. The van der Waals surface area contributed by atoms with Gasteiger partial charge in [0.2, 0.25) is 0 Å². The molecule has 4 fully saturated rings. The van der Waals surface area contributed by atoms with E-state index in [1.54, 1.807) is 0 Å². The average molecular weight is 295 g/mol. The molecule has 4 heteroatoms. The van der Waals surface area contributed by atoms with Crippen LogP contribution in [0.3, 0.4) is 0 Å². The third kappa shape index (κ3) is 2.47. The maximum Gasteiger partial charge on any atom is 0.0670 e. The highest BCUT2D eigenvalue weighted by molar-refractivity contribution is 5.85. The summed E-state index contributed by atoms with van der Waals surface area (Å²) in [6, 6.07) is 4.14. The molecule has 110 valence electrons. The lowest BCUT2D eigenvalue weighted by molar-refractivity contribution is -0.142. The van der Waals surface area contributed by atoms with Crippen molar-refractivity contribution in [3.05, 3.63) is 30.1 Å². The first kappa shape index (κ1) is 14.3. The van der Waals surface area contributed by atoms with Gasteiger partial charge in [-0.15, -0.1) is 12.4 Å². The average Bonchev–Trinajstić information content (AvgIpc) is 2.35. The molecular formula is C16H23ClN2O. The van der Waals surface area contributed by atoms with E-state index < -0.39 is 0 Å². The van der Waals surface area contributed by atoms with Crippen molar-refractivity contribution in [2.75, 3.05) is 0 Å². The monoisotopic (exact) mass is 294 g/mol. The van der Waals surface area contributed by atoms with E-state index in [1.807, 2.05) is 12.4 Å². The molecule has 0 aliphatic heterocycles. The van der Waals surface area contributed by atoms with Crippen LogP contribution in [-0.2, 0) is 6.54 Å². The molecule has 4 aliphatic carbocycles. The van der Waals surface area contributed by atoms with E-state index in [1.165, 1.54) is 24.8 Å². The van der Waals surface area contributed by atoms with Gasteiger partial charge in [0.1, 0.15) is 0 Å². The summed E-state index contributed by atoms with van der Waals surface area (Å²) in [7, 11) is 0. The molecule has 5 rings (SSSR count).